The molecule has 0 aliphatic rings. The van der Waals surface area contributed by atoms with E-state index in [9.17, 15) is 31.1 Å². The smallest absolute Gasteiger partial charge is 0.406 e. The van der Waals surface area contributed by atoms with Gasteiger partial charge in [0.1, 0.15) is 5.75 Å². The quantitative estimate of drug-likeness (QED) is 0.819. The van der Waals surface area contributed by atoms with Crippen LogP contribution in [0, 0.1) is 0 Å². The molecule has 4 nitrogen and oxygen atoms in total. The van der Waals surface area contributed by atoms with Gasteiger partial charge < -0.3 is 10.1 Å². The molecular weight excluding hydrogens is 362 g/mol. The van der Waals surface area contributed by atoms with Crippen LogP contribution in [0.1, 0.15) is 11.3 Å². The van der Waals surface area contributed by atoms with Gasteiger partial charge in [-0.3, -0.25) is 4.79 Å². The first-order valence-corrected chi connectivity index (χ1v) is 7.08. The Balaban J connectivity index is 1.94. The van der Waals surface area contributed by atoms with Crippen molar-refractivity contribution in [3.8, 4) is 5.75 Å². The second-order valence-corrected chi connectivity index (χ2v) is 5.31. The van der Waals surface area contributed by atoms with Gasteiger partial charge >= 0.3 is 12.5 Å². The van der Waals surface area contributed by atoms with Crippen LogP contribution in [-0.4, -0.2) is 17.3 Å². The molecule has 1 amide bonds. The molecule has 0 saturated carbocycles. The number of nitrogens with one attached hydrogen (secondary N) is 1. The number of ether oxygens (including phenoxy) is 1. The number of amides is 1. The van der Waals surface area contributed by atoms with Crippen LogP contribution in [0.15, 0.2) is 29.6 Å². The topological polar surface area (TPSA) is 51.2 Å². The lowest BCUT2D eigenvalue weighted by Gasteiger charge is -2.09. The van der Waals surface area contributed by atoms with Crippen molar-refractivity contribution < 1.29 is 35.9 Å². The van der Waals surface area contributed by atoms with Crippen molar-refractivity contribution in [3.63, 3.8) is 0 Å². The Labute approximate surface area is 135 Å². The minimum Gasteiger partial charge on any atom is -0.406 e. The van der Waals surface area contributed by atoms with E-state index in [4.69, 9.17) is 0 Å². The third-order valence-electron chi connectivity index (χ3n) is 2.56. The number of carbonyl (C=O) groups is 1. The molecule has 0 aliphatic carbocycles. The van der Waals surface area contributed by atoms with Crippen LogP contribution in [0.2, 0.25) is 0 Å². The molecule has 0 bridgehead atoms. The maximum atomic E-state index is 12.4. The number of benzene rings is 1. The summed E-state index contributed by atoms with van der Waals surface area (Å²) in [6, 6.07) is 4.54. The molecule has 1 N–H and O–H groups in total. The molecule has 0 unspecified atom stereocenters. The summed E-state index contributed by atoms with van der Waals surface area (Å²) in [5, 5.41) is 2.74. The number of alkyl halides is 6. The van der Waals surface area contributed by atoms with Gasteiger partial charge in [-0.1, -0.05) is 12.1 Å². The van der Waals surface area contributed by atoms with E-state index in [0.717, 1.165) is 17.5 Å². The zero-order valence-electron chi connectivity index (χ0n) is 11.5. The van der Waals surface area contributed by atoms with E-state index < -0.39 is 29.9 Å². The average Bonchev–Trinajstić information content (AvgIpc) is 2.87. The summed E-state index contributed by atoms with van der Waals surface area (Å²) in [5.41, 5.74) is -0.758. The van der Waals surface area contributed by atoms with Gasteiger partial charge in [-0.25, -0.2) is 4.98 Å². The Morgan fingerprint density at radius 1 is 1.12 bits per heavy atom. The van der Waals surface area contributed by atoms with Crippen LogP contribution in [0.25, 0.3) is 0 Å². The predicted octanol–water partition coefficient (Wildman–Crippen LogP) is 4.24. The van der Waals surface area contributed by atoms with Crippen LogP contribution in [0.5, 0.6) is 5.75 Å². The lowest BCUT2D eigenvalue weighted by atomic mass is 10.1. The van der Waals surface area contributed by atoms with Crippen LogP contribution >= 0.6 is 11.3 Å². The van der Waals surface area contributed by atoms with Crippen molar-refractivity contribution in [3.05, 3.63) is 40.9 Å². The summed E-state index contributed by atoms with van der Waals surface area (Å²) in [4.78, 5) is 15.0. The SMILES string of the molecule is O=C(Cc1ccc(OC(F)(F)F)cc1)Nc1nc(C(F)(F)F)cs1. The number of aromatic nitrogens is 1. The highest BCUT2D eigenvalue weighted by Gasteiger charge is 2.34. The summed E-state index contributed by atoms with van der Waals surface area (Å²) in [5.74, 6) is -1.09. The predicted molar refractivity (Wildman–Crippen MR) is 72.6 cm³/mol. The molecule has 130 valence electrons. The number of rotatable bonds is 4. The highest BCUT2D eigenvalue weighted by molar-refractivity contribution is 7.13. The number of thiazole rings is 1. The first-order chi connectivity index (χ1) is 11.0. The van der Waals surface area contributed by atoms with Gasteiger partial charge in [0.05, 0.1) is 6.42 Å². The molecule has 0 aliphatic heterocycles. The second kappa shape index (κ2) is 6.67. The molecule has 0 spiro atoms. The molecule has 11 heteroatoms. The molecule has 1 aromatic heterocycles. The molecule has 0 radical (unpaired) electrons. The van der Waals surface area contributed by atoms with Crippen molar-refractivity contribution in [2.24, 2.45) is 0 Å². The van der Waals surface area contributed by atoms with Crippen LogP contribution in [-0.2, 0) is 17.4 Å². The van der Waals surface area contributed by atoms with Crippen molar-refractivity contribution in [1.29, 1.82) is 0 Å². The number of halogens is 6. The lowest BCUT2D eigenvalue weighted by Crippen LogP contribution is -2.17. The van der Waals surface area contributed by atoms with Crippen molar-refractivity contribution in [1.82, 2.24) is 4.98 Å². The van der Waals surface area contributed by atoms with E-state index in [1.807, 2.05) is 0 Å². The van der Waals surface area contributed by atoms with E-state index in [0.29, 0.717) is 16.9 Å². The summed E-state index contributed by atoms with van der Waals surface area (Å²) in [7, 11) is 0. The molecule has 0 atom stereocenters. The first-order valence-electron chi connectivity index (χ1n) is 6.20. The highest BCUT2D eigenvalue weighted by Crippen LogP contribution is 2.31. The maximum Gasteiger partial charge on any atom is 0.573 e. The summed E-state index contributed by atoms with van der Waals surface area (Å²) >= 11 is 0.616. The van der Waals surface area contributed by atoms with Gasteiger partial charge in [0, 0.05) is 5.38 Å². The minimum atomic E-state index is -4.82. The number of anilines is 1. The molecule has 1 heterocycles. The minimum absolute atomic E-state index is 0.218. The Kier molecular flexibility index (Phi) is 5.02. The fourth-order valence-electron chi connectivity index (χ4n) is 1.62. The number of hydrogen-bond donors (Lipinski definition) is 1. The van der Waals surface area contributed by atoms with Gasteiger partial charge in [0.15, 0.2) is 10.8 Å². The molecular formula is C13H8F6N2O2S. The number of nitrogens with zero attached hydrogens (tertiary/aromatic N) is 1. The van der Waals surface area contributed by atoms with E-state index >= 15 is 0 Å². The average molecular weight is 370 g/mol. The van der Waals surface area contributed by atoms with E-state index in [2.05, 4.69) is 15.0 Å². The normalized spacial score (nSPS) is 12.1. The first kappa shape index (κ1) is 18.0. The van der Waals surface area contributed by atoms with Crippen LogP contribution in [0.4, 0.5) is 31.5 Å². The fraction of sp³-hybridized carbons (Fsp3) is 0.231. The fourth-order valence-corrected chi connectivity index (χ4v) is 2.35. The Bertz CT molecular complexity index is 708. The van der Waals surface area contributed by atoms with Gasteiger partial charge in [0.2, 0.25) is 5.91 Å². The van der Waals surface area contributed by atoms with Crippen molar-refractivity contribution in [2.75, 3.05) is 5.32 Å². The van der Waals surface area contributed by atoms with Crippen molar-refractivity contribution >= 4 is 22.4 Å². The summed E-state index contributed by atoms with van der Waals surface area (Å²) in [6.45, 7) is 0. The third-order valence-corrected chi connectivity index (χ3v) is 3.32. The van der Waals surface area contributed by atoms with Gasteiger partial charge in [-0.05, 0) is 17.7 Å². The molecule has 2 rings (SSSR count). The third kappa shape index (κ3) is 5.41. The summed E-state index contributed by atoms with van der Waals surface area (Å²) < 4.78 is 76.8. The second-order valence-electron chi connectivity index (χ2n) is 4.45. The van der Waals surface area contributed by atoms with Crippen LogP contribution < -0.4 is 10.1 Å². The number of hydrogen-bond acceptors (Lipinski definition) is 4. The molecule has 24 heavy (non-hydrogen) atoms. The van der Waals surface area contributed by atoms with Crippen molar-refractivity contribution in [2.45, 2.75) is 19.0 Å². The number of carbonyl (C=O) groups excluding carboxylic acids is 1. The zero-order valence-corrected chi connectivity index (χ0v) is 12.4. The van der Waals surface area contributed by atoms with Gasteiger partial charge in [0.25, 0.3) is 0 Å². The van der Waals surface area contributed by atoms with E-state index in [1.165, 1.54) is 12.1 Å². The summed E-state index contributed by atoms with van der Waals surface area (Å²) in [6.07, 6.45) is -9.67. The Morgan fingerprint density at radius 2 is 1.75 bits per heavy atom. The van der Waals surface area contributed by atoms with Gasteiger partial charge in [-0.2, -0.15) is 13.2 Å². The Morgan fingerprint density at radius 3 is 2.25 bits per heavy atom. The molecule has 0 saturated heterocycles. The monoisotopic (exact) mass is 370 g/mol. The Hall–Kier alpha value is -2.30. The van der Waals surface area contributed by atoms with E-state index in [1.54, 1.807) is 0 Å². The molecule has 2 aromatic rings. The highest BCUT2D eigenvalue weighted by atomic mass is 32.1. The van der Waals surface area contributed by atoms with Crippen LogP contribution in [0.3, 0.4) is 0 Å². The van der Waals surface area contributed by atoms with E-state index in [-0.39, 0.29) is 11.6 Å². The van der Waals surface area contributed by atoms with Gasteiger partial charge in [-0.15, -0.1) is 24.5 Å². The lowest BCUT2D eigenvalue weighted by molar-refractivity contribution is -0.274. The molecule has 1 aromatic carbocycles. The maximum absolute atomic E-state index is 12.4. The molecule has 0 fully saturated rings. The zero-order chi connectivity index (χ0) is 18.0. The largest absolute Gasteiger partial charge is 0.573 e. The standard InChI is InChI=1S/C13H8F6N2O2S/c14-12(15,16)9-6-24-11(20-9)21-10(22)5-7-1-3-8(4-2-7)23-13(17,18)19/h1-4,6H,5H2,(H,20,21,22).